The van der Waals surface area contributed by atoms with Crippen LogP contribution in [0.1, 0.15) is 18.2 Å². The fraction of sp³-hybridized carbons (Fsp3) is 0.136. The zero-order valence-corrected chi connectivity index (χ0v) is 16.4. The van der Waals surface area contributed by atoms with Gasteiger partial charge in [0.2, 0.25) is 0 Å². The number of aryl methyl sites for hydroxylation is 1. The molecule has 5 nitrogen and oxygen atoms in total. The van der Waals surface area contributed by atoms with Crippen LogP contribution in [0.4, 0.5) is 5.69 Å². The molecule has 6 heteroatoms. The molecule has 0 unspecified atom stereocenters. The first-order valence-electron chi connectivity index (χ1n) is 8.75. The summed E-state index contributed by atoms with van der Waals surface area (Å²) in [6.07, 6.45) is 2.42. The second-order valence-corrected chi connectivity index (χ2v) is 6.84. The summed E-state index contributed by atoms with van der Waals surface area (Å²) in [5, 5.41) is 14.7. The third-order valence-corrected chi connectivity index (χ3v) is 5.03. The third kappa shape index (κ3) is 4.64. The number of thiazole rings is 1. The zero-order chi connectivity index (χ0) is 19.9. The fourth-order valence-electron chi connectivity index (χ4n) is 2.56. The number of nitriles is 1. The van der Waals surface area contributed by atoms with E-state index >= 15 is 0 Å². The minimum atomic E-state index is -0.456. The molecular weight excluding hydrogens is 370 g/mol. The number of benzene rings is 2. The maximum atomic E-state index is 12.4. The van der Waals surface area contributed by atoms with Crippen LogP contribution in [0, 0.1) is 11.3 Å². The molecule has 0 aliphatic carbocycles. The highest BCUT2D eigenvalue weighted by atomic mass is 32.1. The van der Waals surface area contributed by atoms with Crippen LogP contribution >= 0.6 is 11.3 Å². The number of carbonyl (C=O) groups is 1. The number of hydrogen-bond acceptors (Lipinski definition) is 5. The van der Waals surface area contributed by atoms with Gasteiger partial charge in [-0.05, 0) is 42.3 Å². The molecule has 0 fully saturated rings. The van der Waals surface area contributed by atoms with Crippen molar-refractivity contribution in [1.29, 1.82) is 5.26 Å². The Bertz CT molecular complexity index is 1050. The molecule has 0 atom stereocenters. The first-order chi connectivity index (χ1) is 13.6. The summed E-state index contributed by atoms with van der Waals surface area (Å²) in [5.41, 5.74) is 3.32. The maximum Gasteiger partial charge on any atom is 0.266 e. The lowest BCUT2D eigenvalue weighted by Gasteiger charge is -2.05. The molecule has 1 N–H and O–H groups in total. The number of rotatable bonds is 6. The maximum absolute atomic E-state index is 12.4. The number of ether oxygens (including phenoxy) is 1. The molecule has 2 aromatic carbocycles. The van der Waals surface area contributed by atoms with E-state index in [-0.39, 0.29) is 5.57 Å². The Kier molecular flexibility index (Phi) is 6.20. The highest BCUT2D eigenvalue weighted by molar-refractivity contribution is 7.13. The first kappa shape index (κ1) is 19.3. The van der Waals surface area contributed by atoms with E-state index in [1.165, 1.54) is 23.0 Å². The summed E-state index contributed by atoms with van der Waals surface area (Å²) in [7, 11) is 1.61. The van der Waals surface area contributed by atoms with Crippen molar-refractivity contribution in [3.05, 3.63) is 70.7 Å². The lowest BCUT2D eigenvalue weighted by Crippen LogP contribution is -2.13. The lowest BCUT2D eigenvalue weighted by molar-refractivity contribution is -0.112. The first-order valence-corrected chi connectivity index (χ1v) is 9.63. The van der Waals surface area contributed by atoms with Crippen LogP contribution in [0.5, 0.6) is 5.75 Å². The molecule has 0 radical (unpaired) electrons. The second-order valence-electron chi connectivity index (χ2n) is 5.98. The van der Waals surface area contributed by atoms with Gasteiger partial charge >= 0.3 is 0 Å². The van der Waals surface area contributed by atoms with Gasteiger partial charge in [-0.3, -0.25) is 4.79 Å². The SMILES string of the molecule is CCc1ccc(NC(=O)/C(C#N)=C/c2csc(-c3cccc(OC)c3)n2)cc1. The van der Waals surface area contributed by atoms with Crippen molar-refractivity contribution in [3.63, 3.8) is 0 Å². The van der Waals surface area contributed by atoms with Crippen molar-refractivity contribution < 1.29 is 9.53 Å². The number of amides is 1. The molecule has 0 saturated carbocycles. The van der Waals surface area contributed by atoms with Crippen molar-refractivity contribution >= 4 is 29.0 Å². The molecule has 0 bridgehead atoms. The van der Waals surface area contributed by atoms with Crippen molar-refractivity contribution in [3.8, 4) is 22.4 Å². The predicted octanol–water partition coefficient (Wildman–Crippen LogP) is 4.93. The van der Waals surface area contributed by atoms with Gasteiger partial charge in [0.15, 0.2) is 0 Å². The van der Waals surface area contributed by atoms with E-state index in [0.29, 0.717) is 11.4 Å². The molecule has 140 valence electrons. The highest BCUT2D eigenvalue weighted by Crippen LogP contribution is 2.27. The summed E-state index contributed by atoms with van der Waals surface area (Å²) in [6.45, 7) is 2.07. The Morgan fingerprint density at radius 3 is 2.75 bits per heavy atom. The number of anilines is 1. The standard InChI is InChI=1S/C22H19N3O2S/c1-3-15-7-9-18(10-8-15)24-21(26)17(13-23)11-19-14-28-22(25-19)16-5-4-6-20(12-16)27-2/h4-12,14H,3H2,1-2H3,(H,24,26)/b17-11+. The monoisotopic (exact) mass is 389 g/mol. The molecule has 0 aliphatic rings. The molecule has 0 aliphatic heterocycles. The summed E-state index contributed by atoms with van der Waals surface area (Å²) in [4.78, 5) is 16.9. The number of nitrogens with one attached hydrogen (secondary N) is 1. The highest BCUT2D eigenvalue weighted by Gasteiger charge is 2.11. The van der Waals surface area contributed by atoms with Crippen molar-refractivity contribution in [2.24, 2.45) is 0 Å². The van der Waals surface area contributed by atoms with Gasteiger partial charge in [-0.1, -0.05) is 31.2 Å². The minimum absolute atomic E-state index is 0.00191. The van der Waals surface area contributed by atoms with E-state index in [0.717, 1.165) is 22.7 Å². The molecule has 1 aromatic heterocycles. The third-order valence-electron chi connectivity index (χ3n) is 4.12. The normalized spacial score (nSPS) is 11.0. The fourth-order valence-corrected chi connectivity index (χ4v) is 3.33. The summed E-state index contributed by atoms with van der Waals surface area (Å²) < 4.78 is 5.24. The van der Waals surface area contributed by atoms with E-state index in [4.69, 9.17) is 4.74 Å². The van der Waals surface area contributed by atoms with Gasteiger partial charge in [0.1, 0.15) is 22.4 Å². The zero-order valence-electron chi connectivity index (χ0n) is 15.6. The van der Waals surface area contributed by atoms with Crippen molar-refractivity contribution in [2.45, 2.75) is 13.3 Å². The number of nitrogens with zero attached hydrogens (tertiary/aromatic N) is 2. The van der Waals surface area contributed by atoms with Crippen LogP contribution in [0.25, 0.3) is 16.6 Å². The molecular formula is C22H19N3O2S. The van der Waals surface area contributed by atoms with Crippen LogP contribution in [0.15, 0.2) is 59.5 Å². The van der Waals surface area contributed by atoms with Gasteiger partial charge in [-0.2, -0.15) is 5.26 Å². The Balaban J connectivity index is 1.77. The van der Waals surface area contributed by atoms with Crippen LogP contribution in [-0.4, -0.2) is 18.0 Å². The molecule has 1 amide bonds. The Labute approximate surface area is 167 Å². The molecule has 3 aromatic rings. The minimum Gasteiger partial charge on any atom is -0.497 e. The smallest absolute Gasteiger partial charge is 0.266 e. The van der Waals surface area contributed by atoms with E-state index in [1.54, 1.807) is 7.11 Å². The summed E-state index contributed by atoms with van der Waals surface area (Å²) in [5.74, 6) is 0.290. The van der Waals surface area contributed by atoms with Crippen LogP contribution < -0.4 is 10.1 Å². The molecule has 0 spiro atoms. The largest absolute Gasteiger partial charge is 0.497 e. The van der Waals surface area contributed by atoms with Gasteiger partial charge in [0.25, 0.3) is 5.91 Å². The Hall–Kier alpha value is -3.43. The van der Waals surface area contributed by atoms with Crippen molar-refractivity contribution in [1.82, 2.24) is 4.98 Å². The molecule has 28 heavy (non-hydrogen) atoms. The Morgan fingerprint density at radius 1 is 1.29 bits per heavy atom. The van der Waals surface area contributed by atoms with Gasteiger partial charge in [0, 0.05) is 16.6 Å². The van der Waals surface area contributed by atoms with Gasteiger partial charge in [0.05, 0.1) is 12.8 Å². The average molecular weight is 389 g/mol. The number of hydrogen-bond donors (Lipinski definition) is 1. The predicted molar refractivity (Wildman–Crippen MR) is 112 cm³/mol. The molecule has 3 rings (SSSR count). The Morgan fingerprint density at radius 2 is 2.07 bits per heavy atom. The number of methoxy groups -OCH3 is 1. The average Bonchev–Trinajstić information content (AvgIpc) is 3.21. The summed E-state index contributed by atoms with van der Waals surface area (Å²) in [6, 6.07) is 17.1. The number of aromatic nitrogens is 1. The second kappa shape index (κ2) is 8.98. The van der Waals surface area contributed by atoms with E-state index < -0.39 is 5.91 Å². The van der Waals surface area contributed by atoms with E-state index in [2.05, 4.69) is 17.2 Å². The van der Waals surface area contributed by atoms with Gasteiger partial charge < -0.3 is 10.1 Å². The van der Waals surface area contributed by atoms with Gasteiger partial charge in [-0.15, -0.1) is 11.3 Å². The molecule has 0 saturated heterocycles. The van der Waals surface area contributed by atoms with Crippen LogP contribution in [0.3, 0.4) is 0 Å². The number of carbonyl (C=O) groups excluding carboxylic acids is 1. The van der Waals surface area contributed by atoms with E-state index in [1.807, 2.05) is 60.0 Å². The van der Waals surface area contributed by atoms with Gasteiger partial charge in [-0.25, -0.2) is 4.98 Å². The van der Waals surface area contributed by atoms with Crippen LogP contribution in [-0.2, 0) is 11.2 Å². The van der Waals surface area contributed by atoms with Crippen molar-refractivity contribution in [2.75, 3.05) is 12.4 Å². The summed E-state index contributed by atoms with van der Waals surface area (Å²) >= 11 is 1.44. The molecule has 1 heterocycles. The van der Waals surface area contributed by atoms with E-state index in [9.17, 15) is 10.1 Å². The lowest BCUT2D eigenvalue weighted by atomic mass is 10.1. The topological polar surface area (TPSA) is 75.0 Å². The quantitative estimate of drug-likeness (QED) is 0.479. The van der Waals surface area contributed by atoms with Crippen LogP contribution in [0.2, 0.25) is 0 Å².